The third-order valence-corrected chi connectivity index (χ3v) is 6.18. The topological polar surface area (TPSA) is 66.6 Å². The maximum atomic E-state index is 13.9. The van der Waals surface area contributed by atoms with E-state index in [4.69, 9.17) is 5.73 Å². The first-order chi connectivity index (χ1) is 14.8. The molecule has 164 valence electrons. The van der Waals surface area contributed by atoms with Crippen LogP contribution >= 0.6 is 0 Å². The van der Waals surface area contributed by atoms with E-state index in [0.29, 0.717) is 31.3 Å². The van der Waals surface area contributed by atoms with Gasteiger partial charge in [0.05, 0.1) is 6.04 Å². The Morgan fingerprint density at radius 2 is 1.74 bits per heavy atom. The Bertz CT molecular complexity index is 986. The lowest BCUT2D eigenvalue weighted by molar-refractivity contribution is -0.132. The number of fused-ring (bicyclic) bond motifs is 1. The zero-order chi connectivity index (χ0) is 22.1. The molecule has 2 heterocycles. The predicted octanol–water partition coefficient (Wildman–Crippen LogP) is 2.74. The van der Waals surface area contributed by atoms with Gasteiger partial charge in [0, 0.05) is 49.6 Å². The van der Waals surface area contributed by atoms with E-state index in [0.717, 1.165) is 12.5 Å². The number of rotatable bonds is 5. The van der Waals surface area contributed by atoms with Crippen LogP contribution in [0.3, 0.4) is 0 Å². The van der Waals surface area contributed by atoms with Crippen LogP contribution in [0, 0.1) is 23.4 Å². The lowest BCUT2D eigenvalue weighted by Crippen LogP contribution is -2.43. The van der Waals surface area contributed by atoms with Crippen LogP contribution in [0.2, 0.25) is 0 Å². The molecule has 2 amide bonds. The summed E-state index contributed by atoms with van der Waals surface area (Å²) in [7, 11) is 0. The van der Waals surface area contributed by atoms with Crippen molar-refractivity contribution in [2.75, 3.05) is 19.6 Å². The molecule has 4 rings (SSSR count). The molecule has 2 fully saturated rings. The number of halogens is 3. The average Bonchev–Trinajstić information content (AvgIpc) is 3.33. The Balaban J connectivity index is 1.36. The van der Waals surface area contributed by atoms with Crippen molar-refractivity contribution in [1.29, 1.82) is 0 Å². The molecule has 2 aliphatic heterocycles. The quantitative estimate of drug-likeness (QED) is 0.741. The number of likely N-dealkylation sites (tertiary alicyclic amines) is 2. The number of nitrogens with two attached hydrogens (primary N) is 1. The van der Waals surface area contributed by atoms with Gasteiger partial charge in [-0.1, -0.05) is 18.2 Å². The second-order valence-corrected chi connectivity index (χ2v) is 8.31. The molecular formula is C23H24F3N3O2. The van der Waals surface area contributed by atoms with Gasteiger partial charge in [-0.15, -0.1) is 0 Å². The molecule has 0 bridgehead atoms. The Kier molecular flexibility index (Phi) is 6.00. The smallest absolute Gasteiger partial charge is 0.253 e. The Hall–Kier alpha value is -2.87. The molecule has 0 spiro atoms. The summed E-state index contributed by atoms with van der Waals surface area (Å²) in [6, 6.07) is 9.51. The molecule has 3 atom stereocenters. The van der Waals surface area contributed by atoms with Crippen LogP contribution in [0.1, 0.15) is 28.8 Å². The average molecular weight is 431 g/mol. The van der Waals surface area contributed by atoms with Crippen LogP contribution in [0.15, 0.2) is 42.5 Å². The third-order valence-electron chi connectivity index (χ3n) is 6.18. The van der Waals surface area contributed by atoms with Crippen LogP contribution < -0.4 is 5.73 Å². The van der Waals surface area contributed by atoms with Gasteiger partial charge in [-0.05, 0) is 36.6 Å². The van der Waals surface area contributed by atoms with E-state index in [2.05, 4.69) is 0 Å². The van der Waals surface area contributed by atoms with Gasteiger partial charge in [-0.2, -0.15) is 0 Å². The van der Waals surface area contributed by atoms with Gasteiger partial charge in [0.1, 0.15) is 5.82 Å². The first-order valence-corrected chi connectivity index (χ1v) is 10.4. The molecule has 0 aliphatic carbocycles. The second kappa shape index (κ2) is 8.70. The Morgan fingerprint density at radius 3 is 2.48 bits per heavy atom. The number of nitrogens with zero attached hydrogens (tertiary/aromatic N) is 2. The van der Waals surface area contributed by atoms with E-state index in [1.807, 2.05) is 18.2 Å². The van der Waals surface area contributed by atoms with Crippen molar-refractivity contribution in [1.82, 2.24) is 9.80 Å². The molecule has 31 heavy (non-hydrogen) atoms. The predicted molar refractivity (Wildman–Crippen MR) is 109 cm³/mol. The van der Waals surface area contributed by atoms with Crippen molar-refractivity contribution in [3.63, 3.8) is 0 Å². The van der Waals surface area contributed by atoms with Crippen LogP contribution in [-0.2, 0) is 11.2 Å². The van der Waals surface area contributed by atoms with Gasteiger partial charge in [-0.3, -0.25) is 9.59 Å². The SMILES string of the molecule is NC(CC(=O)N1CCC2CN(C(=O)c3ccccc3)CC21)Cc1cc(F)c(F)cc1F. The molecule has 2 aromatic rings. The highest BCUT2D eigenvalue weighted by Gasteiger charge is 2.44. The van der Waals surface area contributed by atoms with E-state index in [-0.39, 0.29) is 42.2 Å². The van der Waals surface area contributed by atoms with Crippen LogP contribution in [-0.4, -0.2) is 53.3 Å². The zero-order valence-corrected chi connectivity index (χ0v) is 16.9. The Morgan fingerprint density at radius 1 is 1.03 bits per heavy atom. The summed E-state index contributed by atoms with van der Waals surface area (Å²) in [5.74, 6) is -3.29. The third kappa shape index (κ3) is 4.44. The highest BCUT2D eigenvalue weighted by atomic mass is 19.2. The van der Waals surface area contributed by atoms with E-state index >= 15 is 0 Å². The van der Waals surface area contributed by atoms with Gasteiger partial charge >= 0.3 is 0 Å². The fraction of sp³-hybridized carbons (Fsp3) is 0.391. The summed E-state index contributed by atoms with van der Waals surface area (Å²) < 4.78 is 40.4. The molecule has 5 nitrogen and oxygen atoms in total. The molecule has 3 unspecified atom stereocenters. The van der Waals surface area contributed by atoms with Crippen molar-refractivity contribution in [2.45, 2.75) is 31.3 Å². The summed E-state index contributed by atoms with van der Waals surface area (Å²) in [6.45, 7) is 1.67. The second-order valence-electron chi connectivity index (χ2n) is 8.31. The zero-order valence-electron chi connectivity index (χ0n) is 16.9. The minimum Gasteiger partial charge on any atom is -0.338 e. The number of amides is 2. The number of carbonyl (C=O) groups excluding carboxylic acids is 2. The summed E-state index contributed by atoms with van der Waals surface area (Å²) >= 11 is 0. The summed E-state index contributed by atoms with van der Waals surface area (Å²) in [5, 5.41) is 0. The fourth-order valence-electron chi connectivity index (χ4n) is 4.62. The van der Waals surface area contributed by atoms with E-state index in [9.17, 15) is 22.8 Å². The monoisotopic (exact) mass is 431 g/mol. The van der Waals surface area contributed by atoms with Gasteiger partial charge in [0.25, 0.3) is 5.91 Å². The molecule has 8 heteroatoms. The van der Waals surface area contributed by atoms with Crippen molar-refractivity contribution in [3.05, 3.63) is 71.0 Å². The molecule has 2 N–H and O–H groups in total. The van der Waals surface area contributed by atoms with E-state index in [1.165, 1.54) is 0 Å². The largest absolute Gasteiger partial charge is 0.338 e. The first kappa shape index (κ1) is 21.4. The number of carbonyl (C=O) groups is 2. The number of benzene rings is 2. The van der Waals surface area contributed by atoms with E-state index < -0.39 is 23.5 Å². The van der Waals surface area contributed by atoms with Crippen LogP contribution in [0.5, 0.6) is 0 Å². The maximum Gasteiger partial charge on any atom is 0.253 e. The highest BCUT2D eigenvalue weighted by Crippen LogP contribution is 2.33. The molecular weight excluding hydrogens is 407 g/mol. The Labute approximate surface area is 178 Å². The van der Waals surface area contributed by atoms with Gasteiger partial charge in [0.15, 0.2) is 11.6 Å². The van der Waals surface area contributed by atoms with Crippen LogP contribution in [0.25, 0.3) is 0 Å². The maximum absolute atomic E-state index is 13.9. The first-order valence-electron chi connectivity index (χ1n) is 10.4. The molecule has 2 aliphatic rings. The fourth-order valence-corrected chi connectivity index (χ4v) is 4.62. The van der Waals surface area contributed by atoms with Crippen molar-refractivity contribution in [2.24, 2.45) is 11.7 Å². The van der Waals surface area contributed by atoms with Gasteiger partial charge in [-0.25, -0.2) is 13.2 Å². The minimum absolute atomic E-state index is 0.0334. The normalized spacial score (nSPS) is 21.3. The van der Waals surface area contributed by atoms with Crippen molar-refractivity contribution < 1.29 is 22.8 Å². The lowest BCUT2D eigenvalue weighted by atomic mass is 10.0. The van der Waals surface area contributed by atoms with Gasteiger partial charge in [0.2, 0.25) is 5.91 Å². The van der Waals surface area contributed by atoms with Crippen molar-refractivity contribution in [3.8, 4) is 0 Å². The molecule has 0 saturated carbocycles. The minimum atomic E-state index is -1.26. The molecule has 0 aromatic heterocycles. The summed E-state index contributed by atoms with van der Waals surface area (Å²) in [4.78, 5) is 29.1. The number of hydrogen-bond acceptors (Lipinski definition) is 3. The van der Waals surface area contributed by atoms with Crippen LogP contribution in [0.4, 0.5) is 13.2 Å². The number of hydrogen-bond donors (Lipinski definition) is 1. The lowest BCUT2D eigenvalue weighted by Gasteiger charge is -2.26. The molecule has 0 radical (unpaired) electrons. The summed E-state index contributed by atoms with van der Waals surface area (Å²) in [6.07, 6.45) is 0.700. The highest BCUT2D eigenvalue weighted by molar-refractivity contribution is 5.94. The van der Waals surface area contributed by atoms with Gasteiger partial charge < -0.3 is 15.5 Å². The summed E-state index contributed by atoms with van der Waals surface area (Å²) in [5.41, 5.74) is 6.59. The molecule has 2 aromatic carbocycles. The van der Waals surface area contributed by atoms with E-state index in [1.54, 1.807) is 21.9 Å². The standard InChI is InChI=1S/C23H24F3N3O2/c24-18-11-20(26)19(25)9-16(18)8-17(27)10-22(30)29-7-6-15-12-28(13-21(15)29)23(31)14-4-2-1-3-5-14/h1-5,9,11,15,17,21H,6-8,10,12-13,27H2. The molecule has 2 saturated heterocycles. The van der Waals surface area contributed by atoms with Crippen molar-refractivity contribution >= 4 is 11.8 Å².